The van der Waals surface area contributed by atoms with Gasteiger partial charge in [-0.05, 0) is 31.9 Å². The summed E-state index contributed by atoms with van der Waals surface area (Å²) in [5, 5.41) is 0. The first-order valence-electron chi connectivity index (χ1n) is 9.04. The molecule has 2 aromatic heterocycles. The van der Waals surface area contributed by atoms with Gasteiger partial charge in [-0.2, -0.15) is 4.31 Å². The van der Waals surface area contributed by atoms with Gasteiger partial charge in [0.25, 0.3) is 0 Å². The molecule has 1 fully saturated rings. The van der Waals surface area contributed by atoms with Gasteiger partial charge >= 0.3 is 0 Å². The molecule has 1 N–H and O–H groups in total. The molecule has 140 valence electrons. The molecule has 0 unspecified atom stereocenters. The van der Waals surface area contributed by atoms with E-state index in [0.29, 0.717) is 13.0 Å². The van der Waals surface area contributed by atoms with Gasteiger partial charge in [0.15, 0.2) is 0 Å². The number of aromatic amines is 1. The molecule has 0 aliphatic carbocycles. The zero-order chi connectivity index (χ0) is 18.4. The molecule has 7 nitrogen and oxygen atoms in total. The molecule has 0 aromatic carbocycles. The second-order valence-corrected chi connectivity index (χ2v) is 9.30. The summed E-state index contributed by atoms with van der Waals surface area (Å²) in [6.07, 6.45) is 5.21. The summed E-state index contributed by atoms with van der Waals surface area (Å²) in [5.41, 5.74) is 3.57. The number of hydrogen-bond acceptors (Lipinski definition) is 5. The monoisotopic (exact) mass is 375 g/mol. The third-order valence-corrected chi connectivity index (χ3v) is 6.95. The highest BCUT2D eigenvalue weighted by Gasteiger charge is 2.50. The van der Waals surface area contributed by atoms with Gasteiger partial charge in [-0.15, -0.1) is 0 Å². The van der Waals surface area contributed by atoms with Crippen LogP contribution in [0.4, 0.5) is 0 Å². The number of hydrogen-bond donors (Lipinski definition) is 1. The van der Waals surface area contributed by atoms with E-state index in [1.54, 1.807) is 10.6 Å². The number of aryl methyl sites for hydroxylation is 1. The van der Waals surface area contributed by atoms with Crippen LogP contribution in [0.15, 0.2) is 24.5 Å². The van der Waals surface area contributed by atoms with Gasteiger partial charge in [-0.1, -0.05) is 6.07 Å². The number of likely N-dealkylation sites (tertiary alicyclic amines) is 1. The van der Waals surface area contributed by atoms with Crippen molar-refractivity contribution in [1.82, 2.24) is 24.2 Å². The average molecular weight is 375 g/mol. The molecular formula is C18H25N5O2S. The Morgan fingerprint density at radius 2 is 2.00 bits per heavy atom. The molecule has 0 atom stereocenters. The van der Waals surface area contributed by atoms with Crippen LogP contribution in [-0.2, 0) is 28.5 Å². The number of nitrogens with one attached hydrogen (secondary N) is 1. The SMILES string of the molecule is Cc1cccc(CN2CCC3(CC2)c2nc[nH]c2CCN3S(C)(=O)=O)n1. The quantitative estimate of drug-likeness (QED) is 0.877. The number of aromatic nitrogens is 3. The van der Waals surface area contributed by atoms with Crippen molar-refractivity contribution in [1.29, 1.82) is 0 Å². The summed E-state index contributed by atoms with van der Waals surface area (Å²) >= 11 is 0. The molecule has 26 heavy (non-hydrogen) atoms. The van der Waals surface area contributed by atoms with E-state index >= 15 is 0 Å². The van der Waals surface area contributed by atoms with E-state index in [1.165, 1.54) is 6.26 Å². The molecule has 2 aliphatic rings. The molecule has 0 radical (unpaired) electrons. The molecule has 1 saturated heterocycles. The van der Waals surface area contributed by atoms with Crippen LogP contribution < -0.4 is 0 Å². The molecular weight excluding hydrogens is 350 g/mol. The molecule has 4 heterocycles. The number of imidazole rings is 1. The van der Waals surface area contributed by atoms with Gasteiger partial charge in [-0.3, -0.25) is 9.88 Å². The summed E-state index contributed by atoms with van der Waals surface area (Å²) in [6, 6.07) is 6.08. The fraction of sp³-hybridized carbons (Fsp3) is 0.556. The Morgan fingerprint density at radius 1 is 1.23 bits per heavy atom. The van der Waals surface area contributed by atoms with E-state index in [0.717, 1.165) is 55.3 Å². The molecule has 0 amide bonds. The van der Waals surface area contributed by atoms with Gasteiger partial charge in [0.05, 0.1) is 29.5 Å². The van der Waals surface area contributed by atoms with Crippen molar-refractivity contribution in [3.63, 3.8) is 0 Å². The number of H-pyrrole nitrogens is 1. The topological polar surface area (TPSA) is 82.2 Å². The Morgan fingerprint density at radius 3 is 2.69 bits per heavy atom. The minimum Gasteiger partial charge on any atom is -0.348 e. The van der Waals surface area contributed by atoms with Crippen molar-refractivity contribution < 1.29 is 8.42 Å². The predicted octanol–water partition coefficient (Wildman–Crippen LogP) is 1.42. The van der Waals surface area contributed by atoms with Crippen molar-refractivity contribution >= 4 is 10.0 Å². The van der Waals surface area contributed by atoms with Gasteiger partial charge in [0, 0.05) is 44.0 Å². The number of piperidine rings is 1. The smallest absolute Gasteiger partial charge is 0.212 e. The Labute approximate surface area is 154 Å². The highest BCUT2D eigenvalue weighted by Crippen LogP contribution is 2.43. The van der Waals surface area contributed by atoms with Gasteiger partial charge in [0.1, 0.15) is 0 Å². The lowest BCUT2D eigenvalue weighted by molar-refractivity contribution is 0.0599. The van der Waals surface area contributed by atoms with E-state index < -0.39 is 15.6 Å². The predicted molar refractivity (Wildman–Crippen MR) is 99.0 cm³/mol. The second kappa shape index (κ2) is 6.44. The Kier molecular flexibility index (Phi) is 4.37. The fourth-order valence-electron chi connectivity index (χ4n) is 4.43. The van der Waals surface area contributed by atoms with Crippen LogP contribution in [0, 0.1) is 6.92 Å². The van der Waals surface area contributed by atoms with Gasteiger partial charge in [-0.25, -0.2) is 13.4 Å². The molecule has 2 aliphatic heterocycles. The molecule has 0 bridgehead atoms. The summed E-state index contributed by atoms with van der Waals surface area (Å²) < 4.78 is 26.6. The van der Waals surface area contributed by atoms with Crippen LogP contribution in [0.2, 0.25) is 0 Å². The first-order valence-corrected chi connectivity index (χ1v) is 10.9. The van der Waals surface area contributed by atoms with Crippen molar-refractivity contribution in [2.24, 2.45) is 0 Å². The fourth-order valence-corrected chi connectivity index (χ4v) is 5.75. The number of nitrogens with zero attached hydrogens (tertiary/aromatic N) is 4. The molecule has 1 spiro atoms. The number of rotatable bonds is 3. The van der Waals surface area contributed by atoms with Crippen LogP contribution in [0.1, 0.15) is 35.6 Å². The summed E-state index contributed by atoms with van der Waals surface area (Å²) in [7, 11) is -3.29. The minimum atomic E-state index is -3.29. The zero-order valence-electron chi connectivity index (χ0n) is 15.3. The van der Waals surface area contributed by atoms with Crippen LogP contribution in [-0.4, -0.2) is 58.5 Å². The van der Waals surface area contributed by atoms with Crippen LogP contribution in [0.3, 0.4) is 0 Å². The van der Waals surface area contributed by atoms with E-state index in [2.05, 4.69) is 19.9 Å². The van der Waals surface area contributed by atoms with Crippen molar-refractivity contribution in [2.75, 3.05) is 25.9 Å². The average Bonchev–Trinajstić information content (AvgIpc) is 3.06. The van der Waals surface area contributed by atoms with Crippen molar-refractivity contribution in [3.05, 3.63) is 47.3 Å². The Hall–Kier alpha value is -1.77. The Balaban J connectivity index is 1.57. The molecule has 0 saturated carbocycles. The third kappa shape index (κ3) is 3.06. The minimum absolute atomic E-state index is 0.516. The van der Waals surface area contributed by atoms with Crippen LogP contribution >= 0.6 is 0 Å². The lowest BCUT2D eigenvalue weighted by Gasteiger charge is -2.49. The largest absolute Gasteiger partial charge is 0.348 e. The maximum absolute atomic E-state index is 12.5. The van der Waals surface area contributed by atoms with Crippen molar-refractivity contribution in [3.8, 4) is 0 Å². The van der Waals surface area contributed by atoms with E-state index in [1.807, 2.05) is 25.1 Å². The first-order chi connectivity index (χ1) is 12.4. The second-order valence-electron chi connectivity index (χ2n) is 7.39. The maximum Gasteiger partial charge on any atom is 0.212 e. The number of fused-ring (bicyclic) bond motifs is 2. The normalized spacial score (nSPS) is 21.0. The summed E-state index contributed by atoms with van der Waals surface area (Å²) in [4.78, 5) is 14.7. The lowest BCUT2D eigenvalue weighted by Crippen LogP contribution is -2.57. The van der Waals surface area contributed by atoms with Crippen LogP contribution in [0.5, 0.6) is 0 Å². The van der Waals surface area contributed by atoms with E-state index in [4.69, 9.17) is 0 Å². The van der Waals surface area contributed by atoms with Crippen molar-refractivity contribution in [2.45, 2.75) is 38.3 Å². The zero-order valence-corrected chi connectivity index (χ0v) is 16.1. The van der Waals surface area contributed by atoms with E-state index in [-0.39, 0.29) is 0 Å². The summed E-state index contributed by atoms with van der Waals surface area (Å²) in [5.74, 6) is 0. The number of pyridine rings is 1. The Bertz CT molecular complexity index is 900. The molecule has 4 rings (SSSR count). The lowest BCUT2D eigenvalue weighted by atomic mass is 9.80. The third-order valence-electron chi connectivity index (χ3n) is 5.62. The standard InChI is InChI=1S/C18H25N5O2S/c1-14-4-3-5-15(21-14)12-22-10-7-18(8-11-22)17-16(19-13-20-17)6-9-23(18)26(2,24)25/h3-5,13H,6-12H2,1-2H3,(H,19,20). The van der Waals surface area contributed by atoms with Crippen LogP contribution in [0.25, 0.3) is 0 Å². The van der Waals surface area contributed by atoms with E-state index in [9.17, 15) is 8.42 Å². The summed E-state index contributed by atoms with van der Waals surface area (Å²) in [6.45, 7) is 4.97. The molecule has 2 aromatic rings. The highest BCUT2D eigenvalue weighted by molar-refractivity contribution is 7.88. The highest BCUT2D eigenvalue weighted by atomic mass is 32.2. The van der Waals surface area contributed by atoms with Gasteiger partial charge in [0.2, 0.25) is 10.0 Å². The first kappa shape index (κ1) is 17.6. The number of sulfonamides is 1. The molecule has 8 heteroatoms. The maximum atomic E-state index is 12.5. The van der Waals surface area contributed by atoms with Gasteiger partial charge < -0.3 is 4.98 Å².